The van der Waals surface area contributed by atoms with Gasteiger partial charge in [-0.2, -0.15) is 10.1 Å². The molecule has 0 spiro atoms. The van der Waals surface area contributed by atoms with Crippen LogP contribution in [0.1, 0.15) is 12.7 Å². The lowest BCUT2D eigenvalue weighted by Gasteiger charge is -2.10. The smallest absolute Gasteiger partial charge is 0.280 e. The van der Waals surface area contributed by atoms with Crippen LogP contribution in [-0.4, -0.2) is 11.6 Å². The van der Waals surface area contributed by atoms with E-state index in [0.717, 1.165) is 11.3 Å². The summed E-state index contributed by atoms with van der Waals surface area (Å²) in [6, 6.07) is 18.2. The summed E-state index contributed by atoms with van der Waals surface area (Å²) in [5.74, 6) is 1.01. The molecule has 4 rings (SSSR count). The minimum absolute atomic E-state index is 0.189. The molecule has 2 aromatic carbocycles. The Morgan fingerprint density at radius 2 is 1.78 bits per heavy atom. The second-order valence-electron chi connectivity index (χ2n) is 6.03. The SMILES string of the molecule is CC1=NN(c2ccccc2)C(=O)/C1=C/c1ccc(-c2ccc(Cl)c(Cl)c2)o1. The Bertz CT molecular complexity index is 1080. The van der Waals surface area contributed by atoms with Crippen molar-refractivity contribution in [3.05, 3.63) is 82.0 Å². The molecule has 4 nitrogen and oxygen atoms in total. The highest BCUT2D eigenvalue weighted by Gasteiger charge is 2.28. The Labute approximate surface area is 166 Å². The Hall–Kier alpha value is -2.82. The third-order valence-corrected chi connectivity index (χ3v) is 4.92. The lowest BCUT2D eigenvalue weighted by molar-refractivity contribution is -0.114. The summed E-state index contributed by atoms with van der Waals surface area (Å²) in [5, 5.41) is 6.70. The van der Waals surface area contributed by atoms with Crippen molar-refractivity contribution in [1.82, 2.24) is 0 Å². The minimum Gasteiger partial charge on any atom is -0.457 e. The maximum atomic E-state index is 12.7. The normalized spacial score (nSPS) is 15.5. The van der Waals surface area contributed by atoms with Gasteiger partial charge in [0, 0.05) is 5.56 Å². The predicted molar refractivity (Wildman–Crippen MR) is 109 cm³/mol. The fourth-order valence-corrected chi connectivity index (χ4v) is 3.10. The van der Waals surface area contributed by atoms with Crippen molar-refractivity contribution in [1.29, 1.82) is 0 Å². The molecule has 1 amide bonds. The molecule has 134 valence electrons. The third-order valence-electron chi connectivity index (χ3n) is 4.18. The van der Waals surface area contributed by atoms with Crippen LogP contribution >= 0.6 is 23.2 Å². The van der Waals surface area contributed by atoms with Gasteiger partial charge in [-0.3, -0.25) is 4.79 Å². The molecule has 27 heavy (non-hydrogen) atoms. The van der Waals surface area contributed by atoms with E-state index in [4.69, 9.17) is 27.6 Å². The van der Waals surface area contributed by atoms with Gasteiger partial charge in [0.15, 0.2) is 0 Å². The van der Waals surface area contributed by atoms with E-state index in [-0.39, 0.29) is 5.91 Å². The van der Waals surface area contributed by atoms with Crippen molar-refractivity contribution < 1.29 is 9.21 Å². The van der Waals surface area contributed by atoms with Gasteiger partial charge in [-0.1, -0.05) is 41.4 Å². The first-order chi connectivity index (χ1) is 13.0. The number of halogens is 2. The molecule has 0 saturated heterocycles. The standard InChI is InChI=1S/C21H14Cl2N2O2/c1-13-17(21(26)25(24-13)15-5-3-2-4-6-15)12-16-8-10-20(27-16)14-7-9-18(22)19(23)11-14/h2-12H,1H3/b17-12+. The molecule has 0 fully saturated rings. The number of hydrogen-bond donors (Lipinski definition) is 0. The molecule has 0 N–H and O–H groups in total. The summed E-state index contributed by atoms with van der Waals surface area (Å²) in [7, 11) is 0. The van der Waals surface area contributed by atoms with Crippen LogP contribution in [0.2, 0.25) is 10.0 Å². The molecule has 0 saturated carbocycles. The van der Waals surface area contributed by atoms with Crippen molar-refractivity contribution in [3.8, 4) is 11.3 Å². The number of furan rings is 1. The maximum absolute atomic E-state index is 12.7. The van der Waals surface area contributed by atoms with Gasteiger partial charge in [0.25, 0.3) is 5.91 Å². The second kappa shape index (κ2) is 7.06. The van der Waals surface area contributed by atoms with Crippen LogP contribution in [0, 0.1) is 0 Å². The van der Waals surface area contributed by atoms with Gasteiger partial charge < -0.3 is 4.42 Å². The van der Waals surface area contributed by atoms with Crippen LogP contribution < -0.4 is 5.01 Å². The number of hydrogen-bond acceptors (Lipinski definition) is 3. The fraction of sp³-hybridized carbons (Fsp3) is 0.0476. The highest BCUT2D eigenvalue weighted by molar-refractivity contribution is 6.42. The first kappa shape index (κ1) is 17.6. The molecule has 1 aliphatic heterocycles. The number of carbonyl (C=O) groups is 1. The van der Waals surface area contributed by atoms with E-state index in [0.29, 0.717) is 32.9 Å². The summed E-state index contributed by atoms with van der Waals surface area (Å²) in [6.07, 6.45) is 1.70. The maximum Gasteiger partial charge on any atom is 0.280 e. The van der Waals surface area contributed by atoms with Crippen LogP contribution in [-0.2, 0) is 4.79 Å². The molecule has 0 unspecified atom stereocenters. The lowest BCUT2D eigenvalue weighted by atomic mass is 10.1. The highest BCUT2D eigenvalue weighted by Crippen LogP contribution is 2.31. The van der Waals surface area contributed by atoms with Crippen LogP contribution in [0.25, 0.3) is 17.4 Å². The minimum atomic E-state index is -0.189. The molecule has 3 aromatic rings. The zero-order valence-electron chi connectivity index (χ0n) is 14.3. The van der Waals surface area contributed by atoms with E-state index in [1.54, 1.807) is 31.2 Å². The average molecular weight is 397 g/mol. The van der Waals surface area contributed by atoms with Crippen LogP contribution in [0.15, 0.2) is 75.8 Å². The molecule has 6 heteroatoms. The number of benzene rings is 2. The number of nitrogens with zero attached hydrogens (tertiary/aromatic N) is 2. The Morgan fingerprint density at radius 3 is 2.52 bits per heavy atom. The number of hydrazone groups is 1. The van der Waals surface area contributed by atoms with Gasteiger partial charge >= 0.3 is 0 Å². The van der Waals surface area contributed by atoms with Gasteiger partial charge in [0.05, 0.1) is 27.0 Å². The van der Waals surface area contributed by atoms with Gasteiger partial charge in [-0.05, 0) is 55.5 Å². The molecular weight excluding hydrogens is 383 g/mol. The molecule has 0 radical (unpaired) electrons. The zero-order chi connectivity index (χ0) is 19.0. The van der Waals surface area contributed by atoms with E-state index in [9.17, 15) is 4.79 Å². The monoisotopic (exact) mass is 396 g/mol. The number of amides is 1. The highest BCUT2D eigenvalue weighted by atomic mass is 35.5. The van der Waals surface area contributed by atoms with Crippen molar-refractivity contribution in [3.63, 3.8) is 0 Å². The van der Waals surface area contributed by atoms with Crippen molar-refractivity contribution in [2.24, 2.45) is 5.10 Å². The summed E-state index contributed by atoms with van der Waals surface area (Å²) < 4.78 is 5.86. The van der Waals surface area contributed by atoms with E-state index in [1.165, 1.54) is 5.01 Å². The quantitative estimate of drug-likeness (QED) is 0.505. The molecular formula is C21H14Cl2N2O2. The second-order valence-corrected chi connectivity index (χ2v) is 6.84. The van der Waals surface area contributed by atoms with E-state index < -0.39 is 0 Å². The van der Waals surface area contributed by atoms with Gasteiger partial charge in [0.2, 0.25) is 0 Å². The van der Waals surface area contributed by atoms with E-state index >= 15 is 0 Å². The molecule has 0 aliphatic carbocycles. The number of rotatable bonds is 3. The zero-order valence-corrected chi connectivity index (χ0v) is 15.8. The number of anilines is 1. The molecule has 2 heterocycles. The molecule has 1 aliphatic rings. The Morgan fingerprint density at radius 1 is 1.00 bits per heavy atom. The largest absolute Gasteiger partial charge is 0.457 e. The molecule has 1 aromatic heterocycles. The number of para-hydroxylation sites is 1. The van der Waals surface area contributed by atoms with E-state index in [2.05, 4.69) is 5.10 Å². The van der Waals surface area contributed by atoms with E-state index in [1.807, 2.05) is 42.5 Å². The predicted octanol–water partition coefficient (Wildman–Crippen LogP) is 6.06. The van der Waals surface area contributed by atoms with Crippen LogP contribution in [0.4, 0.5) is 5.69 Å². The van der Waals surface area contributed by atoms with Crippen LogP contribution in [0.3, 0.4) is 0 Å². The van der Waals surface area contributed by atoms with Crippen molar-refractivity contribution in [2.75, 3.05) is 5.01 Å². The van der Waals surface area contributed by atoms with Crippen LogP contribution in [0.5, 0.6) is 0 Å². The fourth-order valence-electron chi connectivity index (χ4n) is 2.81. The topological polar surface area (TPSA) is 45.8 Å². The Kier molecular flexibility index (Phi) is 4.60. The molecule has 0 atom stereocenters. The summed E-state index contributed by atoms with van der Waals surface area (Å²) in [4.78, 5) is 12.7. The van der Waals surface area contributed by atoms with Crippen molar-refractivity contribution >= 4 is 46.6 Å². The first-order valence-corrected chi connectivity index (χ1v) is 9.00. The van der Waals surface area contributed by atoms with Crippen molar-refractivity contribution in [2.45, 2.75) is 6.92 Å². The summed E-state index contributed by atoms with van der Waals surface area (Å²) in [6.45, 7) is 1.80. The summed E-state index contributed by atoms with van der Waals surface area (Å²) in [5.41, 5.74) is 2.66. The van der Waals surface area contributed by atoms with Gasteiger partial charge in [-0.15, -0.1) is 0 Å². The lowest BCUT2D eigenvalue weighted by Crippen LogP contribution is -2.21. The Balaban J connectivity index is 1.63. The first-order valence-electron chi connectivity index (χ1n) is 8.25. The average Bonchev–Trinajstić information content (AvgIpc) is 3.25. The molecule has 0 bridgehead atoms. The summed E-state index contributed by atoms with van der Waals surface area (Å²) >= 11 is 12.0. The van der Waals surface area contributed by atoms with Gasteiger partial charge in [-0.25, -0.2) is 0 Å². The number of carbonyl (C=O) groups excluding carboxylic acids is 1. The van der Waals surface area contributed by atoms with Gasteiger partial charge in [0.1, 0.15) is 11.5 Å². The third kappa shape index (κ3) is 3.42.